The van der Waals surface area contributed by atoms with Crippen molar-refractivity contribution in [3.05, 3.63) is 64.2 Å². The molecule has 2 aliphatic rings. The number of carbonyl (C=O) groups is 1. The normalized spacial score (nSPS) is 23.9. The molecule has 1 fully saturated rings. The van der Waals surface area contributed by atoms with Crippen LogP contribution < -0.4 is 20.9 Å². The highest BCUT2D eigenvalue weighted by Gasteiger charge is 2.36. The number of hydrogen-bond donors (Lipinski definition) is 3. The van der Waals surface area contributed by atoms with Crippen molar-refractivity contribution in [2.75, 3.05) is 13.2 Å². The highest BCUT2D eigenvalue weighted by Crippen LogP contribution is 2.34. The minimum atomic E-state index is -0.202. The van der Waals surface area contributed by atoms with Crippen molar-refractivity contribution in [1.82, 2.24) is 16.2 Å². The van der Waals surface area contributed by atoms with E-state index in [0.717, 1.165) is 18.4 Å². The Morgan fingerprint density at radius 3 is 2.96 bits per heavy atom. The number of hydrogen-bond acceptors (Lipinski definition) is 4. The summed E-state index contributed by atoms with van der Waals surface area (Å²) in [6.45, 7) is 3.07. The molecular formula is C21H24ClN3O2. The van der Waals surface area contributed by atoms with Crippen molar-refractivity contribution in [2.24, 2.45) is 5.92 Å². The zero-order valence-electron chi connectivity index (χ0n) is 15.3. The van der Waals surface area contributed by atoms with E-state index in [9.17, 15) is 4.79 Å². The summed E-state index contributed by atoms with van der Waals surface area (Å²) in [5.41, 5.74) is 9.88. The highest BCUT2D eigenvalue weighted by atomic mass is 35.5. The zero-order chi connectivity index (χ0) is 18.8. The molecule has 3 unspecified atom stereocenters. The number of fused-ring (bicyclic) bond motifs is 1. The molecule has 3 N–H and O–H groups in total. The first-order valence-electron chi connectivity index (χ1n) is 9.46. The van der Waals surface area contributed by atoms with Gasteiger partial charge in [0.1, 0.15) is 5.75 Å². The van der Waals surface area contributed by atoms with E-state index in [1.54, 1.807) is 0 Å². The average Bonchev–Trinajstić information content (AvgIpc) is 3.31. The fourth-order valence-corrected chi connectivity index (χ4v) is 4.27. The molecule has 1 aliphatic carbocycles. The molecule has 0 bridgehead atoms. The van der Waals surface area contributed by atoms with E-state index >= 15 is 0 Å². The number of aryl methyl sites for hydroxylation is 1. The van der Waals surface area contributed by atoms with Crippen molar-refractivity contribution in [3.8, 4) is 5.75 Å². The lowest BCUT2D eigenvalue weighted by Crippen LogP contribution is -2.36. The fourth-order valence-electron chi connectivity index (χ4n) is 4.03. The van der Waals surface area contributed by atoms with Crippen LogP contribution in [0, 0.1) is 5.92 Å². The maximum absolute atomic E-state index is 13.0. The molecule has 142 valence electrons. The van der Waals surface area contributed by atoms with Gasteiger partial charge in [-0.3, -0.25) is 10.2 Å². The zero-order valence-corrected chi connectivity index (χ0v) is 16.1. The summed E-state index contributed by atoms with van der Waals surface area (Å²) >= 11 is 6.33. The maximum atomic E-state index is 13.0. The van der Waals surface area contributed by atoms with Crippen LogP contribution in [0.25, 0.3) is 0 Å². The molecule has 1 amide bonds. The molecule has 1 saturated heterocycles. The second kappa shape index (κ2) is 7.89. The number of halogens is 1. The highest BCUT2D eigenvalue weighted by molar-refractivity contribution is 6.32. The Labute approximate surface area is 164 Å². The van der Waals surface area contributed by atoms with Gasteiger partial charge in [-0.05, 0) is 48.6 Å². The Balaban J connectivity index is 1.48. The van der Waals surface area contributed by atoms with E-state index in [1.807, 2.05) is 31.2 Å². The third-order valence-electron chi connectivity index (χ3n) is 5.38. The summed E-state index contributed by atoms with van der Waals surface area (Å²) in [5, 5.41) is 3.81. The Morgan fingerprint density at radius 2 is 2.15 bits per heavy atom. The minimum Gasteiger partial charge on any atom is -0.492 e. The predicted octanol–water partition coefficient (Wildman–Crippen LogP) is 3.31. The van der Waals surface area contributed by atoms with Crippen LogP contribution in [0.4, 0.5) is 0 Å². The lowest BCUT2D eigenvalue weighted by atomic mass is 9.93. The summed E-state index contributed by atoms with van der Waals surface area (Å²) in [7, 11) is 0. The van der Waals surface area contributed by atoms with Gasteiger partial charge in [0.2, 0.25) is 5.91 Å². The van der Waals surface area contributed by atoms with Gasteiger partial charge in [-0.1, -0.05) is 41.9 Å². The van der Waals surface area contributed by atoms with Gasteiger partial charge in [-0.15, -0.1) is 0 Å². The number of nitrogens with one attached hydrogen (secondary N) is 3. The number of benzene rings is 2. The summed E-state index contributed by atoms with van der Waals surface area (Å²) in [4.78, 5) is 13.0. The van der Waals surface area contributed by atoms with Crippen molar-refractivity contribution in [1.29, 1.82) is 0 Å². The fraction of sp³-hybridized carbons (Fsp3) is 0.381. The number of amides is 1. The molecule has 3 atom stereocenters. The second-order valence-corrected chi connectivity index (χ2v) is 7.44. The van der Waals surface area contributed by atoms with Crippen LogP contribution in [0.5, 0.6) is 5.75 Å². The number of ether oxygens (including phenoxy) is 1. The van der Waals surface area contributed by atoms with Crippen LogP contribution in [-0.4, -0.2) is 19.1 Å². The van der Waals surface area contributed by atoms with Crippen molar-refractivity contribution >= 4 is 17.5 Å². The molecule has 0 aromatic heterocycles. The van der Waals surface area contributed by atoms with Gasteiger partial charge in [0, 0.05) is 6.54 Å². The van der Waals surface area contributed by atoms with Crippen molar-refractivity contribution in [3.63, 3.8) is 0 Å². The molecule has 0 radical (unpaired) electrons. The Morgan fingerprint density at radius 1 is 1.30 bits per heavy atom. The first kappa shape index (κ1) is 18.3. The lowest BCUT2D eigenvalue weighted by Gasteiger charge is -2.22. The van der Waals surface area contributed by atoms with Crippen LogP contribution in [-0.2, 0) is 11.2 Å². The summed E-state index contributed by atoms with van der Waals surface area (Å²) in [6.07, 6.45) is 1.97. The van der Waals surface area contributed by atoms with E-state index in [2.05, 4.69) is 34.4 Å². The summed E-state index contributed by atoms with van der Waals surface area (Å²) in [6, 6.07) is 14.0. The predicted molar refractivity (Wildman–Crippen MR) is 106 cm³/mol. The van der Waals surface area contributed by atoms with E-state index < -0.39 is 0 Å². The standard InChI is InChI=1S/C21H24ClN3O2/c1-2-27-19-10-8-14(11-17(19)22)20-16(12-23-25-20)21(26)24-18-9-7-13-5-3-4-6-15(13)18/h3-6,8,10-11,16,18,20,23,25H,2,7,9,12H2,1H3,(H,24,26). The molecular weight excluding hydrogens is 362 g/mol. The van der Waals surface area contributed by atoms with Crippen molar-refractivity contribution < 1.29 is 9.53 Å². The number of hydrazine groups is 1. The third kappa shape index (κ3) is 3.68. The second-order valence-electron chi connectivity index (χ2n) is 7.03. The first-order valence-corrected chi connectivity index (χ1v) is 9.84. The minimum absolute atomic E-state index is 0.0595. The van der Waals surface area contributed by atoms with Crippen LogP contribution >= 0.6 is 11.6 Å². The van der Waals surface area contributed by atoms with Gasteiger partial charge in [-0.2, -0.15) is 0 Å². The third-order valence-corrected chi connectivity index (χ3v) is 5.68. The molecule has 27 heavy (non-hydrogen) atoms. The molecule has 4 rings (SSSR count). The lowest BCUT2D eigenvalue weighted by molar-refractivity contribution is -0.125. The van der Waals surface area contributed by atoms with Gasteiger partial charge in [-0.25, -0.2) is 5.43 Å². The monoisotopic (exact) mass is 385 g/mol. The SMILES string of the molecule is CCOc1ccc(C2NNCC2C(=O)NC2CCc3ccccc32)cc1Cl. The Kier molecular flexibility index (Phi) is 5.34. The van der Waals surface area contributed by atoms with Crippen LogP contribution in [0.1, 0.15) is 42.1 Å². The van der Waals surface area contributed by atoms with E-state index in [4.69, 9.17) is 16.3 Å². The molecule has 1 heterocycles. The van der Waals surface area contributed by atoms with Crippen molar-refractivity contribution in [2.45, 2.75) is 31.8 Å². The summed E-state index contributed by atoms with van der Waals surface area (Å²) in [5.74, 6) is 0.522. The van der Waals surface area contributed by atoms with E-state index in [0.29, 0.717) is 23.9 Å². The van der Waals surface area contributed by atoms with Gasteiger partial charge in [0.05, 0.1) is 29.6 Å². The number of carbonyl (C=O) groups excluding carboxylic acids is 1. The maximum Gasteiger partial charge on any atom is 0.226 e. The molecule has 6 heteroatoms. The van der Waals surface area contributed by atoms with Gasteiger partial charge < -0.3 is 10.1 Å². The first-order chi connectivity index (χ1) is 13.2. The topological polar surface area (TPSA) is 62.4 Å². The Hall–Kier alpha value is -2.08. The average molecular weight is 386 g/mol. The largest absolute Gasteiger partial charge is 0.492 e. The van der Waals surface area contributed by atoms with Gasteiger partial charge in [0.15, 0.2) is 0 Å². The van der Waals surface area contributed by atoms with Crippen LogP contribution in [0.2, 0.25) is 5.02 Å². The molecule has 0 spiro atoms. The van der Waals surface area contributed by atoms with Crippen LogP contribution in [0.15, 0.2) is 42.5 Å². The molecule has 2 aromatic rings. The smallest absolute Gasteiger partial charge is 0.226 e. The molecule has 1 aliphatic heterocycles. The van der Waals surface area contributed by atoms with E-state index in [-0.39, 0.29) is 23.9 Å². The molecule has 0 saturated carbocycles. The Bertz CT molecular complexity index is 842. The van der Waals surface area contributed by atoms with E-state index in [1.165, 1.54) is 11.1 Å². The van der Waals surface area contributed by atoms with Gasteiger partial charge in [0.25, 0.3) is 0 Å². The number of rotatable bonds is 5. The molecule has 5 nitrogen and oxygen atoms in total. The molecule has 2 aromatic carbocycles. The summed E-state index contributed by atoms with van der Waals surface area (Å²) < 4.78 is 5.50. The van der Waals surface area contributed by atoms with Gasteiger partial charge >= 0.3 is 0 Å². The quantitative estimate of drug-likeness (QED) is 0.739. The van der Waals surface area contributed by atoms with Crippen LogP contribution in [0.3, 0.4) is 0 Å².